The molecule has 3 aromatic carbocycles. The van der Waals surface area contributed by atoms with E-state index in [0.717, 1.165) is 0 Å². The molecule has 0 amide bonds. The molecule has 0 nitrogen and oxygen atoms in total. The Bertz CT molecular complexity index is 874. The molecule has 0 aliphatic heterocycles. The summed E-state index contributed by atoms with van der Waals surface area (Å²) >= 11 is 14.8. The smallest absolute Gasteiger partial charge is 0.130 e. The topological polar surface area (TPSA) is 0 Å². The van der Waals surface area contributed by atoms with Crippen molar-refractivity contribution in [3.05, 3.63) is 84.9 Å². The molecule has 0 spiro atoms. The molecular formula is C36H55Cl3Si2. The van der Waals surface area contributed by atoms with Gasteiger partial charge in [0.25, 0.3) is 0 Å². The van der Waals surface area contributed by atoms with Crippen LogP contribution in [0.15, 0.2) is 84.9 Å². The summed E-state index contributed by atoms with van der Waals surface area (Å²) < 4.78 is 0. The van der Waals surface area contributed by atoms with Crippen molar-refractivity contribution in [3.63, 3.8) is 0 Å². The summed E-state index contributed by atoms with van der Waals surface area (Å²) in [6.07, 6.45) is 23.7. The summed E-state index contributed by atoms with van der Waals surface area (Å²) in [6, 6.07) is 31.1. The molecule has 0 aromatic heterocycles. The summed E-state index contributed by atoms with van der Waals surface area (Å²) in [5.41, 5.74) is 5.09. The highest BCUT2D eigenvalue weighted by atomic mass is 35.8. The van der Waals surface area contributed by atoms with Crippen molar-refractivity contribution < 1.29 is 0 Å². The van der Waals surface area contributed by atoms with Crippen LogP contribution in [0.3, 0.4) is 0 Å². The number of hydrogen-bond donors (Lipinski definition) is 0. The van der Waals surface area contributed by atoms with Crippen LogP contribution in [0.2, 0.25) is 6.04 Å². The second-order valence-electron chi connectivity index (χ2n) is 10.8. The Hall–Kier alpha value is -1.04. The number of hydrogen-bond acceptors (Lipinski definition) is 0. The maximum atomic E-state index is 4.94. The van der Waals surface area contributed by atoms with Gasteiger partial charge in [-0.1, -0.05) is 201 Å². The maximum absolute atomic E-state index is 4.94. The molecule has 41 heavy (non-hydrogen) atoms. The highest BCUT2D eigenvalue weighted by molar-refractivity contribution is 7.54. The molecule has 0 N–H and O–H groups in total. The third kappa shape index (κ3) is 21.3. The average molecular weight is 650 g/mol. The third-order valence-corrected chi connectivity index (χ3v) is 8.01. The molecule has 0 unspecified atom stereocenters. The predicted octanol–water partition coefficient (Wildman–Crippen LogP) is 12.5. The molecule has 0 radical (unpaired) electrons. The van der Waals surface area contributed by atoms with E-state index in [-0.39, 0.29) is 0 Å². The Labute approximate surface area is 271 Å². The van der Waals surface area contributed by atoms with E-state index in [4.69, 9.17) is 33.2 Å². The van der Waals surface area contributed by atoms with Gasteiger partial charge >= 0.3 is 6.73 Å². The van der Waals surface area contributed by atoms with Gasteiger partial charge in [-0.15, -0.1) is 33.2 Å². The normalized spacial score (nSPS) is 10.6. The number of unbranched alkanes of at least 4 members (excludes halogenated alkanes) is 15. The zero-order valence-corrected chi connectivity index (χ0v) is 31.2. The lowest BCUT2D eigenvalue weighted by Gasteiger charge is -2.09. The lowest BCUT2D eigenvalue weighted by molar-refractivity contribution is 0.531. The van der Waals surface area contributed by atoms with Crippen molar-refractivity contribution in [2.24, 2.45) is 0 Å². The van der Waals surface area contributed by atoms with Gasteiger partial charge in [0.05, 0.1) is 0 Å². The molecule has 0 heterocycles. The highest BCUT2D eigenvalue weighted by Gasteiger charge is 2.05. The Balaban J connectivity index is 0.000000363. The fourth-order valence-electron chi connectivity index (χ4n) is 5.02. The maximum Gasteiger partial charge on any atom is 0.326 e. The molecule has 0 aliphatic carbocycles. The molecule has 0 atom stereocenters. The van der Waals surface area contributed by atoms with Crippen molar-refractivity contribution in [1.29, 1.82) is 0 Å². The lowest BCUT2D eigenvalue weighted by atomic mass is 9.95. The first-order valence-electron chi connectivity index (χ1n) is 16.2. The van der Waals surface area contributed by atoms with Gasteiger partial charge in [-0.2, -0.15) is 0 Å². The molecule has 3 rings (SSSR count). The lowest BCUT2D eigenvalue weighted by Crippen LogP contribution is -1.83. The minimum atomic E-state index is -1.72. The van der Waals surface area contributed by atoms with Crippen LogP contribution < -0.4 is 0 Å². The van der Waals surface area contributed by atoms with Gasteiger partial charge in [-0.25, -0.2) is 0 Å². The van der Waals surface area contributed by atoms with Crippen LogP contribution in [0.1, 0.15) is 110 Å². The predicted molar refractivity (Wildman–Crippen MR) is 196 cm³/mol. The van der Waals surface area contributed by atoms with E-state index >= 15 is 0 Å². The van der Waals surface area contributed by atoms with E-state index < -0.39 is 6.73 Å². The molecule has 0 aliphatic rings. The van der Waals surface area contributed by atoms with Crippen LogP contribution in [0.5, 0.6) is 0 Å². The van der Waals surface area contributed by atoms with E-state index in [2.05, 4.69) is 91.9 Å². The van der Waals surface area contributed by atoms with Gasteiger partial charge < -0.3 is 0 Å². The molecule has 0 saturated heterocycles. The quantitative estimate of drug-likeness (QED) is 0.0730. The van der Waals surface area contributed by atoms with Crippen molar-refractivity contribution in [2.75, 3.05) is 0 Å². The summed E-state index contributed by atoms with van der Waals surface area (Å²) in [5, 5.41) is 0. The first kappa shape index (κ1) is 38.0. The van der Waals surface area contributed by atoms with E-state index in [9.17, 15) is 0 Å². The van der Waals surface area contributed by atoms with Gasteiger partial charge in [0.2, 0.25) is 0 Å². The standard InChI is InChI=1S/C18H40Si.C18H14.Cl3HSi/c1-2-3-4-5-6-7-8-9-10-11-12-13-14-15-16-17-18-19;1-3-9-15(10-4-1)17-13-7-8-14-18(17)16-11-5-2-6-12-16;1-4(2)3/h2-18H2,1,19H3;1-14H;4H. The van der Waals surface area contributed by atoms with Crippen LogP contribution in [0.4, 0.5) is 0 Å². The van der Waals surface area contributed by atoms with Crippen molar-refractivity contribution >= 4 is 50.2 Å². The monoisotopic (exact) mass is 648 g/mol. The zero-order chi connectivity index (χ0) is 29.8. The Morgan fingerprint density at radius 2 is 0.707 bits per heavy atom. The first-order valence-corrected chi connectivity index (χ1v) is 22.9. The molecule has 0 fully saturated rings. The second kappa shape index (κ2) is 27.8. The van der Waals surface area contributed by atoms with Crippen LogP contribution in [0, 0.1) is 0 Å². The minimum absolute atomic E-state index is 1.26. The van der Waals surface area contributed by atoms with E-state index in [1.165, 1.54) is 141 Å². The third-order valence-electron chi connectivity index (χ3n) is 7.30. The van der Waals surface area contributed by atoms with Crippen molar-refractivity contribution in [2.45, 2.75) is 116 Å². The van der Waals surface area contributed by atoms with Gasteiger partial charge in [0, 0.05) is 10.2 Å². The summed E-state index contributed by atoms with van der Waals surface area (Å²) in [5.74, 6) is 0. The van der Waals surface area contributed by atoms with Crippen LogP contribution in [0.25, 0.3) is 22.3 Å². The van der Waals surface area contributed by atoms with E-state index in [1.807, 2.05) is 0 Å². The van der Waals surface area contributed by atoms with Crippen molar-refractivity contribution in [3.8, 4) is 22.3 Å². The van der Waals surface area contributed by atoms with Gasteiger partial charge in [-0.05, 0) is 22.3 Å². The number of benzene rings is 3. The minimum Gasteiger partial charge on any atom is -0.130 e. The molecule has 5 heteroatoms. The summed E-state index contributed by atoms with van der Waals surface area (Å²) in [4.78, 5) is 0. The molecule has 0 saturated carbocycles. The Morgan fingerprint density at radius 3 is 1.00 bits per heavy atom. The largest absolute Gasteiger partial charge is 0.326 e. The van der Waals surface area contributed by atoms with Gasteiger partial charge in [0.1, 0.15) is 0 Å². The summed E-state index contributed by atoms with van der Waals surface area (Å²) in [6.45, 7) is 0.575. The second-order valence-corrected chi connectivity index (χ2v) is 18.3. The highest BCUT2D eigenvalue weighted by Crippen LogP contribution is 2.31. The number of rotatable bonds is 18. The van der Waals surface area contributed by atoms with E-state index in [0.29, 0.717) is 0 Å². The molecular weight excluding hydrogens is 595 g/mol. The average Bonchev–Trinajstić information content (AvgIpc) is 3.00. The Morgan fingerprint density at radius 1 is 0.439 bits per heavy atom. The fourth-order valence-corrected chi connectivity index (χ4v) is 5.52. The van der Waals surface area contributed by atoms with Crippen LogP contribution >= 0.6 is 33.2 Å². The fraction of sp³-hybridized carbons (Fsp3) is 0.500. The van der Waals surface area contributed by atoms with Crippen LogP contribution in [-0.4, -0.2) is 17.0 Å². The first-order chi connectivity index (χ1) is 20.1. The van der Waals surface area contributed by atoms with Crippen LogP contribution in [-0.2, 0) is 0 Å². The van der Waals surface area contributed by atoms with Crippen molar-refractivity contribution in [1.82, 2.24) is 0 Å². The molecule has 228 valence electrons. The zero-order valence-electron chi connectivity index (χ0n) is 25.8. The Kier molecular flexibility index (Phi) is 25.7. The van der Waals surface area contributed by atoms with Gasteiger partial charge in [-0.3, -0.25) is 0 Å². The summed E-state index contributed by atoms with van der Waals surface area (Å²) in [7, 11) is 1.41. The molecule has 3 aromatic rings. The SMILES string of the molecule is CCCCCCCCCCCCCCCCCC[SiH3].Cl[SiH](Cl)Cl.c1ccc(-c2ccccc2-c2ccccc2)cc1. The number of halogens is 3. The van der Waals surface area contributed by atoms with Gasteiger partial charge in [0.15, 0.2) is 0 Å². The van der Waals surface area contributed by atoms with E-state index in [1.54, 1.807) is 0 Å². The molecule has 0 bridgehead atoms.